The first-order chi connectivity index (χ1) is 17.4. The number of ether oxygens (including phenoxy) is 1. The summed E-state index contributed by atoms with van der Waals surface area (Å²) in [6.45, 7) is 7.04. The van der Waals surface area contributed by atoms with Gasteiger partial charge in [-0.1, -0.05) is 11.6 Å². The molecule has 1 aliphatic carbocycles. The van der Waals surface area contributed by atoms with E-state index in [9.17, 15) is 22.8 Å². The van der Waals surface area contributed by atoms with E-state index in [-0.39, 0.29) is 34.1 Å². The lowest BCUT2D eigenvalue weighted by Crippen LogP contribution is -2.30. The fourth-order valence-electron chi connectivity index (χ4n) is 3.94. The van der Waals surface area contributed by atoms with Crippen molar-refractivity contribution in [3.8, 4) is 0 Å². The van der Waals surface area contributed by atoms with Gasteiger partial charge in [0.25, 0.3) is 5.91 Å². The fourth-order valence-corrected chi connectivity index (χ4v) is 5.77. The highest BCUT2D eigenvalue weighted by atomic mass is 35.5. The number of esters is 1. The third-order valence-electron chi connectivity index (χ3n) is 6.00. The zero-order valence-electron chi connectivity index (χ0n) is 20.9. The van der Waals surface area contributed by atoms with Crippen LogP contribution in [-0.2, 0) is 17.5 Å². The van der Waals surface area contributed by atoms with Crippen LogP contribution in [0.4, 0.5) is 18.2 Å². The quantitative estimate of drug-likeness (QED) is 0.220. The molecule has 1 saturated carbocycles. The summed E-state index contributed by atoms with van der Waals surface area (Å²) >= 11 is 12.5. The van der Waals surface area contributed by atoms with Gasteiger partial charge in [0.2, 0.25) is 0 Å². The lowest BCUT2D eigenvalue weighted by molar-refractivity contribution is -0.141. The molecule has 8 nitrogen and oxygen atoms in total. The van der Waals surface area contributed by atoms with E-state index in [1.165, 1.54) is 11.8 Å². The largest absolute Gasteiger partial charge is 0.465 e. The lowest BCUT2D eigenvalue weighted by atomic mass is 10.1. The number of rotatable bonds is 10. The lowest BCUT2D eigenvalue weighted by Gasteiger charge is -2.17. The number of carbonyl (C=O) groups is 2. The smallest absolute Gasteiger partial charge is 0.436 e. The number of thiocarbonyl (C=S) groups is 1. The zero-order chi connectivity index (χ0) is 27.5. The van der Waals surface area contributed by atoms with Crippen LogP contribution in [0.1, 0.15) is 76.0 Å². The molecule has 1 fully saturated rings. The molecule has 2 aromatic rings. The van der Waals surface area contributed by atoms with E-state index in [1.807, 2.05) is 13.8 Å². The van der Waals surface area contributed by atoms with Crippen LogP contribution in [0, 0.1) is 6.92 Å². The average molecular weight is 580 g/mol. The van der Waals surface area contributed by atoms with Crippen LogP contribution in [0.2, 0.25) is 5.02 Å². The van der Waals surface area contributed by atoms with Gasteiger partial charge in [0, 0.05) is 32.1 Å². The molecule has 0 radical (unpaired) electrons. The van der Waals surface area contributed by atoms with Crippen molar-refractivity contribution < 1.29 is 27.5 Å². The van der Waals surface area contributed by atoms with Crippen LogP contribution in [0.15, 0.2) is 0 Å². The van der Waals surface area contributed by atoms with Crippen molar-refractivity contribution in [3.05, 3.63) is 32.4 Å². The molecule has 3 rings (SSSR count). The van der Waals surface area contributed by atoms with Crippen LogP contribution in [0.5, 0.6) is 0 Å². The summed E-state index contributed by atoms with van der Waals surface area (Å²) in [4.78, 5) is 27.4. The second-order valence-corrected chi connectivity index (χ2v) is 10.3. The number of aromatic nitrogens is 2. The van der Waals surface area contributed by atoms with Crippen LogP contribution in [0.25, 0.3) is 0 Å². The summed E-state index contributed by atoms with van der Waals surface area (Å²) in [5, 5.41) is 9.93. The zero-order valence-corrected chi connectivity index (χ0v) is 23.3. The van der Waals surface area contributed by atoms with Gasteiger partial charge in [-0.15, -0.1) is 11.3 Å². The number of nitrogens with zero attached hydrogens (tertiary/aromatic N) is 3. The molecule has 0 aliphatic heterocycles. The minimum atomic E-state index is -4.61. The maximum atomic E-state index is 13.3. The van der Waals surface area contributed by atoms with Gasteiger partial charge in [0.1, 0.15) is 5.00 Å². The van der Waals surface area contributed by atoms with Crippen LogP contribution >= 0.6 is 35.2 Å². The van der Waals surface area contributed by atoms with Gasteiger partial charge in [-0.25, -0.2) is 4.79 Å². The topological polar surface area (TPSA) is 88.5 Å². The minimum Gasteiger partial charge on any atom is -0.465 e. The van der Waals surface area contributed by atoms with E-state index >= 15 is 0 Å². The molecule has 204 valence electrons. The van der Waals surface area contributed by atoms with Gasteiger partial charge >= 0.3 is 12.1 Å². The summed E-state index contributed by atoms with van der Waals surface area (Å²) in [6, 6.07) is 0. The monoisotopic (exact) mass is 579 g/mol. The van der Waals surface area contributed by atoms with Gasteiger partial charge in [-0.2, -0.15) is 18.3 Å². The number of hydrogen-bond donors (Lipinski definition) is 2. The van der Waals surface area contributed by atoms with E-state index in [2.05, 4.69) is 15.7 Å². The number of anilines is 1. The molecule has 1 amide bonds. The van der Waals surface area contributed by atoms with Crippen molar-refractivity contribution in [2.75, 3.05) is 32.1 Å². The second-order valence-electron chi connectivity index (χ2n) is 8.51. The van der Waals surface area contributed by atoms with E-state index < -0.39 is 17.8 Å². The number of hydrogen-bond acceptors (Lipinski definition) is 6. The Morgan fingerprint density at radius 1 is 1.30 bits per heavy atom. The number of halogens is 4. The highest BCUT2D eigenvalue weighted by molar-refractivity contribution is 7.80. The Morgan fingerprint density at radius 3 is 2.49 bits per heavy atom. The molecule has 1 aliphatic rings. The summed E-state index contributed by atoms with van der Waals surface area (Å²) in [6.07, 6.45) is -2.61. The molecule has 0 aromatic carbocycles. The van der Waals surface area contributed by atoms with Crippen molar-refractivity contribution in [1.29, 1.82) is 0 Å². The molecule has 14 heteroatoms. The number of amides is 1. The van der Waals surface area contributed by atoms with E-state index in [0.29, 0.717) is 47.2 Å². The molecule has 2 heterocycles. The number of nitrogens with one attached hydrogen (secondary N) is 2. The van der Waals surface area contributed by atoms with E-state index in [0.717, 1.165) is 24.2 Å². The summed E-state index contributed by atoms with van der Waals surface area (Å²) in [5.74, 6) is -0.785. The summed E-state index contributed by atoms with van der Waals surface area (Å²) < 4.78 is 46.0. The number of methoxy groups -OCH3 is 1. The van der Waals surface area contributed by atoms with Gasteiger partial charge in [0.15, 0.2) is 10.8 Å². The molecule has 0 saturated heterocycles. The predicted octanol–water partition coefficient (Wildman–Crippen LogP) is 5.45. The van der Waals surface area contributed by atoms with Crippen LogP contribution in [0.3, 0.4) is 0 Å². The number of carbonyl (C=O) groups excluding carboxylic acids is 2. The SMILES string of the molecule is CCN(CC)C(=O)c1sc(NC(=S)NCCCn2nc(C(F)(F)F)c(Cl)c2C2CC2)c(C(=O)OC)c1C. The Labute approximate surface area is 227 Å². The van der Waals surface area contributed by atoms with Crippen molar-refractivity contribution >= 4 is 57.1 Å². The molecule has 0 bridgehead atoms. The van der Waals surface area contributed by atoms with Crippen molar-refractivity contribution in [3.63, 3.8) is 0 Å². The number of alkyl halides is 3. The molecule has 0 atom stereocenters. The highest BCUT2D eigenvalue weighted by Gasteiger charge is 2.42. The molecule has 2 aromatic heterocycles. The first-order valence-corrected chi connectivity index (χ1v) is 13.4. The molecule has 0 unspecified atom stereocenters. The van der Waals surface area contributed by atoms with Gasteiger partial charge in [-0.3, -0.25) is 9.48 Å². The first kappa shape index (κ1) is 29.2. The third kappa shape index (κ3) is 6.55. The average Bonchev–Trinajstić information content (AvgIpc) is 3.54. The van der Waals surface area contributed by atoms with Gasteiger partial charge in [0.05, 0.1) is 28.3 Å². The summed E-state index contributed by atoms with van der Waals surface area (Å²) in [5.41, 5.74) is 0.103. The molecular formula is C23H29ClF3N5O3S2. The number of thiophene rings is 1. The van der Waals surface area contributed by atoms with Crippen LogP contribution < -0.4 is 10.6 Å². The Morgan fingerprint density at radius 2 is 1.95 bits per heavy atom. The molecule has 2 N–H and O–H groups in total. The predicted molar refractivity (Wildman–Crippen MR) is 141 cm³/mol. The second kappa shape index (κ2) is 12.0. The van der Waals surface area contributed by atoms with Crippen molar-refractivity contribution in [2.45, 2.75) is 58.7 Å². The highest BCUT2D eigenvalue weighted by Crippen LogP contribution is 2.47. The normalized spacial score (nSPS) is 13.4. The molecular weight excluding hydrogens is 551 g/mol. The van der Waals surface area contributed by atoms with Crippen LogP contribution in [-0.4, -0.2) is 58.4 Å². The Bertz CT molecular complexity index is 1170. The Kier molecular flexibility index (Phi) is 9.46. The first-order valence-electron chi connectivity index (χ1n) is 11.8. The minimum absolute atomic E-state index is 0.00106. The maximum absolute atomic E-state index is 13.3. The number of aryl methyl sites for hydroxylation is 1. The molecule has 0 spiro atoms. The molecule has 37 heavy (non-hydrogen) atoms. The summed E-state index contributed by atoms with van der Waals surface area (Å²) in [7, 11) is 1.26. The standard InChI is InChI=1S/C23H29ClF3N5O3S2/c1-5-31(6-2)20(33)17-12(3)14(21(34)35-4)19(37-17)29-22(36)28-10-7-11-32-16(13-8-9-13)15(24)18(30-32)23(25,26)27/h13H,5-11H2,1-4H3,(H2,28,29,36). The van der Waals surface area contributed by atoms with Crippen molar-refractivity contribution in [1.82, 2.24) is 20.0 Å². The van der Waals surface area contributed by atoms with E-state index in [1.54, 1.807) is 11.8 Å². The Hall–Kier alpha value is -2.38. The van der Waals surface area contributed by atoms with Gasteiger partial charge in [-0.05, 0) is 57.8 Å². The maximum Gasteiger partial charge on any atom is 0.436 e. The Balaban J connectivity index is 1.66. The van der Waals surface area contributed by atoms with E-state index in [4.69, 9.17) is 28.6 Å². The van der Waals surface area contributed by atoms with Crippen molar-refractivity contribution in [2.24, 2.45) is 0 Å². The fraction of sp³-hybridized carbons (Fsp3) is 0.565. The third-order valence-corrected chi connectivity index (χ3v) is 7.82. The van der Waals surface area contributed by atoms with Gasteiger partial charge < -0.3 is 20.3 Å².